The van der Waals surface area contributed by atoms with Gasteiger partial charge >= 0.3 is 5.97 Å². The van der Waals surface area contributed by atoms with Crippen molar-refractivity contribution < 1.29 is 9.53 Å². The van der Waals surface area contributed by atoms with E-state index in [-0.39, 0.29) is 5.97 Å². The lowest BCUT2D eigenvalue weighted by Gasteiger charge is -2.26. The number of thiophene rings is 1. The number of hydrogen-bond donors (Lipinski definition) is 0. The van der Waals surface area contributed by atoms with Gasteiger partial charge in [0, 0.05) is 52.7 Å². The molecule has 6 heteroatoms. The Labute approximate surface area is 198 Å². The van der Waals surface area contributed by atoms with Crippen LogP contribution in [0.25, 0.3) is 33.2 Å². The van der Waals surface area contributed by atoms with Gasteiger partial charge in [-0.3, -0.25) is 4.98 Å². The lowest BCUT2D eigenvalue weighted by atomic mass is 10.00. The zero-order valence-electron chi connectivity index (χ0n) is 19.0. The first kappa shape index (κ1) is 21.9. The van der Waals surface area contributed by atoms with Crippen molar-refractivity contribution in [2.24, 2.45) is 0 Å². The number of nitrogens with zero attached hydrogens (tertiary/aromatic N) is 3. The van der Waals surface area contributed by atoms with Gasteiger partial charge in [-0.25, -0.2) is 4.79 Å². The number of carbonyl (C=O) groups is 1. The van der Waals surface area contributed by atoms with E-state index in [1.807, 2.05) is 24.5 Å². The number of pyridine rings is 1. The number of rotatable bonds is 7. The first-order valence-electron chi connectivity index (χ1n) is 11.6. The maximum atomic E-state index is 12.6. The molecule has 4 aromatic rings. The molecule has 3 aromatic heterocycles. The number of ether oxygens (including phenoxy) is 1. The minimum atomic E-state index is -0.310. The van der Waals surface area contributed by atoms with Crippen LogP contribution in [0.3, 0.4) is 0 Å². The van der Waals surface area contributed by atoms with Gasteiger partial charge in [-0.05, 0) is 79.5 Å². The molecule has 4 heterocycles. The first-order chi connectivity index (χ1) is 16.2. The molecule has 0 amide bonds. The molecule has 0 atom stereocenters. The number of methoxy groups -OCH3 is 1. The summed E-state index contributed by atoms with van der Waals surface area (Å²) < 4.78 is 7.41. The molecule has 5 rings (SSSR count). The van der Waals surface area contributed by atoms with Gasteiger partial charge in [-0.1, -0.05) is 12.5 Å². The summed E-state index contributed by atoms with van der Waals surface area (Å²) in [6.07, 6.45) is 11.0. The molecule has 1 fully saturated rings. The van der Waals surface area contributed by atoms with Gasteiger partial charge < -0.3 is 14.2 Å². The number of esters is 1. The second kappa shape index (κ2) is 9.89. The van der Waals surface area contributed by atoms with Gasteiger partial charge in [0.2, 0.25) is 0 Å². The Balaban J connectivity index is 1.53. The van der Waals surface area contributed by atoms with Crippen LogP contribution in [0, 0.1) is 0 Å². The lowest BCUT2D eigenvalue weighted by Crippen LogP contribution is -2.31. The number of aryl methyl sites for hydroxylation is 1. The van der Waals surface area contributed by atoms with Crippen LogP contribution in [0.15, 0.2) is 59.7 Å². The second-order valence-electron chi connectivity index (χ2n) is 8.66. The molecule has 0 aliphatic carbocycles. The molecule has 1 aliphatic heterocycles. The van der Waals surface area contributed by atoms with Crippen LogP contribution in [-0.2, 0) is 11.3 Å². The topological polar surface area (TPSA) is 47.4 Å². The quantitative estimate of drug-likeness (QED) is 0.314. The minimum Gasteiger partial charge on any atom is -0.465 e. The Kier molecular flexibility index (Phi) is 6.55. The maximum Gasteiger partial charge on any atom is 0.338 e. The van der Waals surface area contributed by atoms with Crippen molar-refractivity contribution in [3.8, 4) is 22.3 Å². The maximum absolute atomic E-state index is 12.6. The van der Waals surface area contributed by atoms with E-state index in [0.29, 0.717) is 5.56 Å². The third-order valence-electron chi connectivity index (χ3n) is 6.54. The van der Waals surface area contributed by atoms with E-state index in [1.54, 1.807) is 11.3 Å². The predicted octanol–water partition coefficient (Wildman–Crippen LogP) is 6.09. The molecular weight excluding hydrogens is 430 g/mol. The number of hydrogen-bond acceptors (Lipinski definition) is 5. The highest BCUT2D eigenvalue weighted by molar-refractivity contribution is 7.08. The standard InChI is InChI=1S/C27H29N3O2S/c1-32-27(31)23-7-5-8-25-26(23)24(18-30(25)13-6-12-29-10-3-2-4-11-29)22-15-21(16-28-17-22)20-9-14-33-19-20/h5,7-9,14-19H,2-4,6,10-13H2,1H3. The highest BCUT2D eigenvalue weighted by Crippen LogP contribution is 2.35. The number of fused-ring (bicyclic) bond motifs is 1. The van der Waals surface area contributed by atoms with Crippen molar-refractivity contribution in [3.05, 3.63) is 65.2 Å². The number of carbonyl (C=O) groups excluding carboxylic acids is 1. The molecule has 0 spiro atoms. The van der Waals surface area contributed by atoms with Crippen LogP contribution >= 0.6 is 11.3 Å². The van der Waals surface area contributed by atoms with Gasteiger partial charge in [0.15, 0.2) is 0 Å². The SMILES string of the molecule is COC(=O)c1cccc2c1c(-c1cncc(-c3ccsc3)c1)cn2CCCN1CCCCC1. The molecule has 0 saturated carbocycles. The fourth-order valence-corrected chi connectivity index (χ4v) is 5.52. The average Bonchev–Trinajstić information content (AvgIpc) is 3.53. The van der Waals surface area contributed by atoms with Crippen molar-refractivity contribution in [2.45, 2.75) is 32.2 Å². The van der Waals surface area contributed by atoms with Crippen LogP contribution < -0.4 is 0 Å². The third kappa shape index (κ3) is 4.59. The third-order valence-corrected chi connectivity index (χ3v) is 7.22. The van der Waals surface area contributed by atoms with E-state index in [2.05, 4.69) is 49.6 Å². The summed E-state index contributed by atoms with van der Waals surface area (Å²) in [4.78, 5) is 19.7. The van der Waals surface area contributed by atoms with E-state index < -0.39 is 0 Å². The molecule has 5 nitrogen and oxygen atoms in total. The fourth-order valence-electron chi connectivity index (χ4n) is 4.86. The summed E-state index contributed by atoms with van der Waals surface area (Å²) in [5.74, 6) is -0.310. The molecule has 170 valence electrons. The van der Waals surface area contributed by atoms with Crippen LogP contribution in [0.4, 0.5) is 0 Å². The second-order valence-corrected chi connectivity index (χ2v) is 9.44. The van der Waals surface area contributed by atoms with Crippen molar-refractivity contribution >= 4 is 28.2 Å². The summed E-state index contributed by atoms with van der Waals surface area (Å²) in [6, 6.07) is 10.2. The lowest BCUT2D eigenvalue weighted by molar-refractivity contribution is 0.0603. The van der Waals surface area contributed by atoms with Crippen LogP contribution in [-0.4, -0.2) is 47.2 Å². The zero-order chi connectivity index (χ0) is 22.6. The van der Waals surface area contributed by atoms with Gasteiger partial charge in [-0.15, -0.1) is 0 Å². The summed E-state index contributed by atoms with van der Waals surface area (Å²) in [7, 11) is 1.44. The Morgan fingerprint density at radius 2 is 1.91 bits per heavy atom. The average molecular weight is 460 g/mol. The fraction of sp³-hybridized carbons (Fsp3) is 0.333. The first-order valence-corrected chi connectivity index (χ1v) is 12.6. The Bertz CT molecular complexity index is 1240. The van der Waals surface area contributed by atoms with Crippen molar-refractivity contribution in [1.29, 1.82) is 0 Å². The molecule has 1 saturated heterocycles. The summed E-state index contributed by atoms with van der Waals surface area (Å²) in [5, 5.41) is 5.14. The summed E-state index contributed by atoms with van der Waals surface area (Å²) in [5.41, 5.74) is 5.93. The van der Waals surface area contributed by atoms with E-state index in [9.17, 15) is 4.79 Å². The molecule has 0 bridgehead atoms. The predicted molar refractivity (Wildman–Crippen MR) is 135 cm³/mol. The monoisotopic (exact) mass is 459 g/mol. The zero-order valence-corrected chi connectivity index (χ0v) is 19.8. The summed E-state index contributed by atoms with van der Waals surface area (Å²) in [6.45, 7) is 4.45. The Hall–Kier alpha value is -2.96. The van der Waals surface area contributed by atoms with E-state index in [4.69, 9.17) is 4.74 Å². The smallest absolute Gasteiger partial charge is 0.338 e. The van der Waals surface area contributed by atoms with Gasteiger partial charge in [-0.2, -0.15) is 11.3 Å². The van der Waals surface area contributed by atoms with Gasteiger partial charge in [0.05, 0.1) is 12.7 Å². The number of likely N-dealkylation sites (tertiary alicyclic amines) is 1. The van der Waals surface area contributed by atoms with E-state index in [0.717, 1.165) is 52.7 Å². The van der Waals surface area contributed by atoms with E-state index in [1.165, 1.54) is 39.5 Å². The number of piperidine rings is 1. The van der Waals surface area contributed by atoms with Gasteiger partial charge in [0.1, 0.15) is 0 Å². The normalized spacial score (nSPS) is 14.6. The van der Waals surface area contributed by atoms with Crippen LogP contribution in [0.2, 0.25) is 0 Å². The van der Waals surface area contributed by atoms with E-state index >= 15 is 0 Å². The molecule has 1 aromatic carbocycles. The molecule has 0 unspecified atom stereocenters. The van der Waals surface area contributed by atoms with Crippen molar-refractivity contribution in [2.75, 3.05) is 26.7 Å². The highest BCUT2D eigenvalue weighted by Gasteiger charge is 2.19. The van der Waals surface area contributed by atoms with Crippen LogP contribution in [0.5, 0.6) is 0 Å². The van der Waals surface area contributed by atoms with Gasteiger partial charge in [0.25, 0.3) is 0 Å². The minimum absolute atomic E-state index is 0.310. The Morgan fingerprint density at radius 3 is 2.70 bits per heavy atom. The van der Waals surface area contributed by atoms with Crippen molar-refractivity contribution in [1.82, 2.24) is 14.5 Å². The van der Waals surface area contributed by atoms with Crippen LogP contribution in [0.1, 0.15) is 36.0 Å². The van der Waals surface area contributed by atoms with Crippen molar-refractivity contribution in [3.63, 3.8) is 0 Å². The Morgan fingerprint density at radius 1 is 1.06 bits per heavy atom. The highest BCUT2D eigenvalue weighted by atomic mass is 32.1. The number of aromatic nitrogens is 2. The summed E-state index contributed by atoms with van der Waals surface area (Å²) >= 11 is 1.68. The molecular formula is C27H29N3O2S. The molecule has 0 N–H and O–H groups in total. The molecule has 1 aliphatic rings. The molecule has 33 heavy (non-hydrogen) atoms. The molecule has 0 radical (unpaired) electrons. The number of benzene rings is 1. The largest absolute Gasteiger partial charge is 0.465 e.